The Bertz CT molecular complexity index is 1060. The molecule has 0 radical (unpaired) electrons. The standard InChI is InChI=1S/C19H16ClFN2O4/c1-26-15-7-10-6-11(18(24)23-14(10)8-16(15)27-2)9-22-19(25)17-12(20)4-3-5-13(17)21/h3-8H,9H2,1-2H3,(H,22,25)(H,23,24). The summed E-state index contributed by atoms with van der Waals surface area (Å²) in [7, 11) is 3.01. The van der Waals surface area contributed by atoms with E-state index in [1.165, 1.54) is 26.4 Å². The normalized spacial score (nSPS) is 10.7. The van der Waals surface area contributed by atoms with E-state index in [4.69, 9.17) is 21.1 Å². The van der Waals surface area contributed by atoms with Crippen molar-refractivity contribution in [3.63, 3.8) is 0 Å². The third kappa shape index (κ3) is 3.73. The average Bonchev–Trinajstić information content (AvgIpc) is 2.65. The summed E-state index contributed by atoms with van der Waals surface area (Å²) in [4.78, 5) is 27.3. The minimum atomic E-state index is -0.732. The molecule has 1 amide bonds. The van der Waals surface area contributed by atoms with E-state index in [-0.39, 0.29) is 22.7 Å². The van der Waals surface area contributed by atoms with Gasteiger partial charge in [0, 0.05) is 23.6 Å². The van der Waals surface area contributed by atoms with E-state index in [0.717, 1.165) is 6.07 Å². The fraction of sp³-hybridized carbons (Fsp3) is 0.158. The minimum Gasteiger partial charge on any atom is -0.493 e. The van der Waals surface area contributed by atoms with Gasteiger partial charge in [0.1, 0.15) is 5.82 Å². The fourth-order valence-electron chi connectivity index (χ4n) is 2.69. The van der Waals surface area contributed by atoms with Crippen LogP contribution in [0.15, 0.2) is 41.2 Å². The third-order valence-electron chi connectivity index (χ3n) is 4.05. The molecule has 0 aliphatic carbocycles. The molecule has 0 bridgehead atoms. The van der Waals surface area contributed by atoms with Crippen molar-refractivity contribution in [1.29, 1.82) is 0 Å². The fourth-order valence-corrected chi connectivity index (χ4v) is 2.94. The highest BCUT2D eigenvalue weighted by molar-refractivity contribution is 6.33. The van der Waals surface area contributed by atoms with Gasteiger partial charge in [-0.3, -0.25) is 9.59 Å². The zero-order chi connectivity index (χ0) is 19.6. The summed E-state index contributed by atoms with van der Waals surface area (Å²) in [6, 6.07) is 8.95. The first-order valence-electron chi connectivity index (χ1n) is 7.94. The summed E-state index contributed by atoms with van der Waals surface area (Å²) in [6.07, 6.45) is 0. The number of hydrogen-bond acceptors (Lipinski definition) is 4. The number of aromatic amines is 1. The van der Waals surface area contributed by atoms with Gasteiger partial charge < -0.3 is 19.8 Å². The van der Waals surface area contributed by atoms with Crippen molar-refractivity contribution in [2.75, 3.05) is 14.2 Å². The number of hydrogen-bond donors (Lipinski definition) is 2. The van der Waals surface area contributed by atoms with Crippen molar-refractivity contribution in [3.05, 3.63) is 68.7 Å². The van der Waals surface area contributed by atoms with Crippen LogP contribution in [-0.4, -0.2) is 25.1 Å². The largest absolute Gasteiger partial charge is 0.493 e. The van der Waals surface area contributed by atoms with Gasteiger partial charge in [0.25, 0.3) is 11.5 Å². The molecule has 8 heteroatoms. The van der Waals surface area contributed by atoms with Gasteiger partial charge in [-0.2, -0.15) is 0 Å². The summed E-state index contributed by atoms with van der Waals surface area (Å²) in [5.74, 6) is -0.449. The van der Waals surface area contributed by atoms with Gasteiger partial charge in [0.15, 0.2) is 11.5 Å². The van der Waals surface area contributed by atoms with Crippen molar-refractivity contribution in [1.82, 2.24) is 10.3 Å². The summed E-state index contributed by atoms with van der Waals surface area (Å²) in [5, 5.41) is 3.21. The summed E-state index contributed by atoms with van der Waals surface area (Å²) < 4.78 is 24.3. The van der Waals surface area contributed by atoms with E-state index in [1.54, 1.807) is 18.2 Å². The Kier molecular flexibility index (Phi) is 5.32. The zero-order valence-corrected chi connectivity index (χ0v) is 15.3. The van der Waals surface area contributed by atoms with Crippen LogP contribution in [0, 0.1) is 5.82 Å². The number of benzene rings is 2. The lowest BCUT2D eigenvalue weighted by Gasteiger charge is -2.11. The molecule has 0 unspecified atom stereocenters. The molecule has 0 fully saturated rings. The molecule has 0 spiro atoms. The molecular weight excluding hydrogens is 375 g/mol. The third-order valence-corrected chi connectivity index (χ3v) is 4.37. The number of carbonyl (C=O) groups is 1. The van der Waals surface area contributed by atoms with E-state index < -0.39 is 11.7 Å². The first kappa shape index (κ1) is 18.7. The van der Waals surface area contributed by atoms with Crippen LogP contribution in [-0.2, 0) is 6.54 Å². The Morgan fingerprint density at radius 1 is 1.19 bits per heavy atom. The second kappa shape index (κ2) is 7.67. The van der Waals surface area contributed by atoms with Gasteiger partial charge in [0.2, 0.25) is 0 Å². The zero-order valence-electron chi connectivity index (χ0n) is 14.6. The highest BCUT2D eigenvalue weighted by Crippen LogP contribution is 2.31. The van der Waals surface area contributed by atoms with E-state index >= 15 is 0 Å². The highest BCUT2D eigenvalue weighted by Gasteiger charge is 2.16. The number of pyridine rings is 1. The Hall–Kier alpha value is -3.06. The molecule has 2 aromatic carbocycles. The smallest absolute Gasteiger partial charge is 0.256 e. The Morgan fingerprint density at radius 2 is 1.89 bits per heavy atom. The van der Waals surface area contributed by atoms with Crippen LogP contribution in [0.4, 0.5) is 4.39 Å². The van der Waals surface area contributed by atoms with Crippen LogP contribution in [0.25, 0.3) is 10.9 Å². The van der Waals surface area contributed by atoms with Crippen molar-refractivity contribution < 1.29 is 18.7 Å². The second-order valence-electron chi connectivity index (χ2n) is 5.70. The number of ether oxygens (including phenoxy) is 2. The molecule has 0 saturated carbocycles. The molecule has 3 aromatic rings. The monoisotopic (exact) mass is 390 g/mol. The van der Waals surface area contributed by atoms with Crippen LogP contribution < -0.4 is 20.3 Å². The number of nitrogens with one attached hydrogen (secondary N) is 2. The molecule has 1 heterocycles. The van der Waals surface area contributed by atoms with Gasteiger partial charge >= 0.3 is 0 Å². The van der Waals surface area contributed by atoms with Crippen molar-refractivity contribution in [2.24, 2.45) is 0 Å². The van der Waals surface area contributed by atoms with Gasteiger partial charge in [-0.25, -0.2) is 4.39 Å². The van der Waals surface area contributed by atoms with Gasteiger partial charge in [0.05, 0.1) is 30.3 Å². The second-order valence-corrected chi connectivity index (χ2v) is 6.10. The number of carbonyl (C=O) groups excluding carboxylic acids is 1. The van der Waals surface area contributed by atoms with E-state index in [9.17, 15) is 14.0 Å². The quantitative estimate of drug-likeness (QED) is 0.700. The van der Waals surface area contributed by atoms with Gasteiger partial charge in [-0.1, -0.05) is 17.7 Å². The van der Waals surface area contributed by atoms with Crippen molar-refractivity contribution >= 4 is 28.4 Å². The molecule has 2 N–H and O–H groups in total. The molecule has 1 aromatic heterocycles. The minimum absolute atomic E-state index is 0.00301. The Balaban J connectivity index is 1.90. The molecule has 0 atom stereocenters. The van der Waals surface area contributed by atoms with E-state index in [1.807, 2.05) is 0 Å². The summed E-state index contributed by atoms with van der Waals surface area (Å²) >= 11 is 5.88. The molecule has 27 heavy (non-hydrogen) atoms. The topological polar surface area (TPSA) is 80.4 Å². The van der Waals surface area contributed by atoms with Gasteiger partial charge in [-0.05, 0) is 24.3 Å². The first-order valence-corrected chi connectivity index (χ1v) is 8.32. The number of halogens is 2. The first-order chi connectivity index (χ1) is 12.9. The van der Waals surface area contributed by atoms with Crippen LogP contribution in [0.5, 0.6) is 11.5 Å². The summed E-state index contributed by atoms with van der Waals surface area (Å²) in [6.45, 7) is -0.0941. The predicted octanol–water partition coefficient (Wildman–Crippen LogP) is 3.27. The van der Waals surface area contributed by atoms with E-state index in [0.29, 0.717) is 28.0 Å². The maximum absolute atomic E-state index is 13.8. The Morgan fingerprint density at radius 3 is 2.56 bits per heavy atom. The molecule has 0 aliphatic rings. The van der Waals surface area contributed by atoms with Crippen molar-refractivity contribution in [3.8, 4) is 11.5 Å². The molecule has 3 rings (SSSR count). The van der Waals surface area contributed by atoms with E-state index in [2.05, 4.69) is 10.3 Å². The number of methoxy groups -OCH3 is 2. The lowest BCUT2D eigenvalue weighted by atomic mass is 10.1. The SMILES string of the molecule is COc1cc2cc(CNC(=O)c3c(F)cccc3Cl)c(=O)[nH]c2cc1OC. The molecule has 6 nitrogen and oxygen atoms in total. The number of rotatable bonds is 5. The lowest BCUT2D eigenvalue weighted by Crippen LogP contribution is -2.27. The Labute approximate surface area is 158 Å². The number of amides is 1. The molecule has 0 saturated heterocycles. The number of H-pyrrole nitrogens is 1. The van der Waals surface area contributed by atoms with Gasteiger partial charge in [-0.15, -0.1) is 0 Å². The van der Waals surface area contributed by atoms with Crippen LogP contribution in [0.2, 0.25) is 5.02 Å². The predicted molar refractivity (Wildman–Crippen MR) is 100 cm³/mol. The maximum atomic E-state index is 13.8. The van der Waals surface area contributed by atoms with Crippen molar-refractivity contribution in [2.45, 2.75) is 6.54 Å². The van der Waals surface area contributed by atoms with Crippen LogP contribution in [0.1, 0.15) is 15.9 Å². The highest BCUT2D eigenvalue weighted by atomic mass is 35.5. The summed E-state index contributed by atoms with van der Waals surface area (Å²) in [5.41, 5.74) is 0.220. The molecule has 0 aliphatic heterocycles. The average molecular weight is 391 g/mol. The molecule has 140 valence electrons. The lowest BCUT2D eigenvalue weighted by molar-refractivity contribution is 0.0947. The number of aromatic nitrogens is 1. The van der Waals surface area contributed by atoms with Crippen LogP contribution >= 0.6 is 11.6 Å². The number of fused-ring (bicyclic) bond motifs is 1. The molecular formula is C19H16ClFN2O4. The maximum Gasteiger partial charge on any atom is 0.256 e. The van der Waals surface area contributed by atoms with Crippen LogP contribution in [0.3, 0.4) is 0 Å².